The number of nitrogens with zero attached hydrogens (tertiary/aromatic N) is 2. The predicted molar refractivity (Wildman–Crippen MR) is 104 cm³/mol. The van der Waals surface area contributed by atoms with E-state index in [0.717, 1.165) is 36.8 Å². The van der Waals surface area contributed by atoms with Crippen LogP contribution in [0.4, 0.5) is 4.79 Å². The van der Waals surface area contributed by atoms with Crippen LogP contribution in [0.1, 0.15) is 49.0 Å². The molecule has 3 heterocycles. The van der Waals surface area contributed by atoms with Crippen LogP contribution >= 0.6 is 0 Å². The van der Waals surface area contributed by atoms with Gasteiger partial charge >= 0.3 is 6.03 Å². The second-order valence-corrected chi connectivity index (χ2v) is 7.43. The zero-order valence-electron chi connectivity index (χ0n) is 16.0. The summed E-state index contributed by atoms with van der Waals surface area (Å²) in [7, 11) is 1.60. The van der Waals surface area contributed by atoms with Crippen LogP contribution in [-0.2, 0) is 4.74 Å². The van der Waals surface area contributed by atoms with Gasteiger partial charge in [0.2, 0.25) is 5.88 Å². The minimum atomic E-state index is -0.135. The van der Waals surface area contributed by atoms with E-state index in [4.69, 9.17) is 9.47 Å². The molecule has 28 heavy (non-hydrogen) atoms. The lowest BCUT2D eigenvalue weighted by molar-refractivity contribution is 0.00201. The van der Waals surface area contributed by atoms with Gasteiger partial charge in [-0.15, -0.1) is 0 Å². The molecule has 3 atom stereocenters. The van der Waals surface area contributed by atoms with E-state index in [1.807, 2.05) is 30.5 Å². The van der Waals surface area contributed by atoms with Gasteiger partial charge in [-0.1, -0.05) is 12.1 Å². The number of amides is 2. The highest BCUT2D eigenvalue weighted by molar-refractivity contribution is 5.75. The summed E-state index contributed by atoms with van der Waals surface area (Å²) in [5.74, 6) is 1.05. The molecule has 2 aromatic rings. The van der Waals surface area contributed by atoms with E-state index < -0.39 is 0 Å². The maximum atomic E-state index is 12.7. The Hall–Kier alpha value is -2.67. The van der Waals surface area contributed by atoms with Gasteiger partial charge < -0.3 is 20.1 Å². The molecule has 0 radical (unpaired) electrons. The molecule has 2 aliphatic rings. The molecule has 0 bridgehead atoms. The lowest BCUT2D eigenvalue weighted by Gasteiger charge is -2.31. The smallest absolute Gasteiger partial charge is 0.315 e. The lowest BCUT2D eigenvalue weighted by atomic mass is 9.98. The van der Waals surface area contributed by atoms with Gasteiger partial charge in [0.15, 0.2) is 0 Å². The summed E-state index contributed by atoms with van der Waals surface area (Å²) in [6, 6.07) is 7.65. The SMILES string of the molecule is COc1ccc(C(NC(=O)N[C@@H]2CCO[C@@H](c3cccnc3)C2)C2CC2)cn1. The first-order valence-corrected chi connectivity index (χ1v) is 9.81. The van der Waals surface area contributed by atoms with Crippen molar-refractivity contribution in [2.75, 3.05) is 13.7 Å². The molecular weight excluding hydrogens is 356 g/mol. The molecule has 1 unspecified atom stereocenters. The highest BCUT2D eigenvalue weighted by Gasteiger charge is 2.34. The average Bonchev–Trinajstić information content (AvgIpc) is 3.58. The fourth-order valence-electron chi connectivity index (χ4n) is 3.69. The number of ether oxygens (including phenoxy) is 2. The second-order valence-electron chi connectivity index (χ2n) is 7.43. The van der Waals surface area contributed by atoms with Crippen LogP contribution in [0.15, 0.2) is 42.9 Å². The molecule has 2 aromatic heterocycles. The van der Waals surface area contributed by atoms with Crippen LogP contribution in [0, 0.1) is 5.92 Å². The standard InChI is InChI=1S/C21H26N4O3/c1-27-19-7-6-16(13-23-19)20(14-4-5-14)25-21(26)24-17-8-10-28-18(11-17)15-3-2-9-22-12-15/h2-3,6-7,9,12-14,17-18,20H,4-5,8,10-11H2,1H3,(H2,24,25,26)/t17-,18-,20?/m1/s1. The van der Waals surface area contributed by atoms with Crippen LogP contribution in [0.25, 0.3) is 0 Å². The molecule has 148 valence electrons. The minimum Gasteiger partial charge on any atom is -0.481 e. The third-order valence-corrected chi connectivity index (χ3v) is 5.38. The number of nitrogens with one attached hydrogen (secondary N) is 2. The normalized spacial score (nSPS) is 22.9. The number of urea groups is 1. The molecule has 2 N–H and O–H groups in total. The molecule has 7 nitrogen and oxygen atoms in total. The van der Waals surface area contributed by atoms with Gasteiger partial charge in [-0.2, -0.15) is 0 Å². The number of hydrogen-bond acceptors (Lipinski definition) is 5. The van der Waals surface area contributed by atoms with Crippen molar-refractivity contribution in [2.45, 2.75) is 43.9 Å². The zero-order chi connectivity index (χ0) is 19.3. The Morgan fingerprint density at radius 1 is 1.25 bits per heavy atom. The summed E-state index contributed by atoms with van der Waals surface area (Å²) >= 11 is 0. The Morgan fingerprint density at radius 3 is 2.82 bits per heavy atom. The van der Waals surface area contributed by atoms with Crippen molar-refractivity contribution >= 4 is 6.03 Å². The first-order valence-electron chi connectivity index (χ1n) is 9.81. The summed E-state index contributed by atoms with van der Waals surface area (Å²) in [5, 5.41) is 6.28. The lowest BCUT2D eigenvalue weighted by Crippen LogP contribution is -2.46. The van der Waals surface area contributed by atoms with Crippen LogP contribution in [0.5, 0.6) is 5.88 Å². The third-order valence-electron chi connectivity index (χ3n) is 5.38. The third kappa shape index (κ3) is 4.59. The molecule has 1 saturated carbocycles. The van der Waals surface area contributed by atoms with Crippen LogP contribution in [0.3, 0.4) is 0 Å². The first kappa shape index (κ1) is 18.7. The molecular formula is C21H26N4O3. The zero-order valence-corrected chi connectivity index (χ0v) is 16.0. The Labute approximate surface area is 164 Å². The number of rotatable bonds is 6. The molecule has 0 aromatic carbocycles. The van der Waals surface area contributed by atoms with Gasteiger partial charge in [-0.3, -0.25) is 4.98 Å². The van der Waals surface area contributed by atoms with E-state index >= 15 is 0 Å². The Morgan fingerprint density at radius 2 is 2.14 bits per heavy atom. The molecule has 1 aliphatic carbocycles. The van der Waals surface area contributed by atoms with Gasteiger partial charge in [0.1, 0.15) is 0 Å². The van der Waals surface area contributed by atoms with Gasteiger partial charge in [0.25, 0.3) is 0 Å². The highest BCUT2D eigenvalue weighted by atomic mass is 16.5. The molecule has 7 heteroatoms. The van der Waals surface area contributed by atoms with Crippen molar-refractivity contribution in [3.63, 3.8) is 0 Å². The first-order chi connectivity index (χ1) is 13.7. The van der Waals surface area contributed by atoms with E-state index in [1.54, 1.807) is 19.5 Å². The second kappa shape index (κ2) is 8.56. The van der Waals surface area contributed by atoms with E-state index in [2.05, 4.69) is 20.6 Å². The van der Waals surface area contributed by atoms with Crippen molar-refractivity contribution in [3.05, 3.63) is 54.0 Å². The molecule has 2 amide bonds. The molecule has 2 fully saturated rings. The van der Waals surface area contributed by atoms with E-state index in [-0.39, 0.29) is 24.2 Å². The Bertz CT molecular complexity index is 780. The summed E-state index contributed by atoms with van der Waals surface area (Å²) in [6.45, 7) is 0.624. The number of pyridine rings is 2. The number of aromatic nitrogens is 2. The van der Waals surface area contributed by atoms with E-state index in [1.165, 1.54) is 0 Å². The molecule has 0 spiro atoms. The minimum absolute atomic E-state index is 0.0210. The van der Waals surface area contributed by atoms with Gasteiger partial charge in [0.05, 0.1) is 19.3 Å². The van der Waals surface area contributed by atoms with E-state index in [0.29, 0.717) is 18.4 Å². The van der Waals surface area contributed by atoms with Crippen molar-refractivity contribution in [3.8, 4) is 5.88 Å². The number of carbonyl (C=O) groups excluding carboxylic acids is 1. The highest BCUT2D eigenvalue weighted by Crippen LogP contribution is 2.41. The Balaban J connectivity index is 1.35. The topological polar surface area (TPSA) is 85.4 Å². The molecule has 1 saturated heterocycles. The fourth-order valence-corrected chi connectivity index (χ4v) is 3.69. The van der Waals surface area contributed by atoms with Gasteiger partial charge in [-0.25, -0.2) is 9.78 Å². The quantitative estimate of drug-likeness (QED) is 0.802. The largest absolute Gasteiger partial charge is 0.481 e. The predicted octanol–water partition coefficient (Wildman–Crippen LogP) is 3.16. The summed E-state index contributed by atoms with van der Waals surface area (Å²) in [4.78, 5) is 21.1. The van der Waals surface area contributed by atoms with Gasteiger partial charge in [0, 0.05) is 37.3 Å². The van der Waals surface area contributed by atoms with Crippen LogP contribution < -0.4 is 15.4 Å². The summed E-state index contributed by atoms with van der Waals surface area (Å²) < 4.78 is 11.0. The maximum absolute atomic E-state index is 12.7. The molecule has 4 rings (SSSR count). The monoisotopic (exact) mass is 382 g/mol. The summed E-state index contributed by atoms with van der Waals surface area (Å²) in [6.07, 6.45) is 9.13. The van der Waals surface area contributed by atoms with Crippen molar-refractivity contribution in [1.82, 2.24) is 20.6 Å². The van der Waals surface area contributed by atoms with Crippen LogP contribution in [0.2, 0.25) is 0 Å². The van der Waals surface area contributed by atoms with Crippen molar-refractivity contribution < 1.29 is 14.3 Å². The van der Waals surface area contributed by atoms with E-state index in [9.17, 15) is 4.79 Å². The van der Waals surface area contributed by atoms with Crippen molar-refractivity contribution in [1.29, 1.82) is 0 Å². The number of carbonyl (C=O) groups is 1. The number of methoxy groups -OCH3 is 1. The fraction of sp³-hybridized carbons (Fsp3) is 0.476. The molecule has 1 aliphatic heterocycles. The van der Waals surface area contributed by atoms with Crippen molar-refractivity contribution in [2.24, 2.45) is 5.92 Å². The van der Waals surface area contributed by atoms with Crippen LogP contribution in [-0.4, -0.2) is 35.8 Å². The Kier molecular flexibility index (Phi) is 5.71. The van der Waals surface area contributed by atoms with Gasteiger partial charge in [-0.05, 0) is 48.8 Å². The number of hydrogen-bond donors (Lipinski definition) is 2. The summed E-state index contributed by atoms with van der Waals surface area (Å²) in [5.41, 5.74) is 2.06. The average molecular weight is 382 g/mol. The maximum Gasteiger partial charge on any atom is 0.315 e.